The molecule has 0 radical (unpaired) electrons. The normalized spacial score (nSPS) is 11.7. The van der Waals surface area contributed by atoms with Gasteiger partial charge in [0, 0.05) is 6.42 Å². The van der Waals surface area contributed by atoms with Gasteiger partial charge in [-0.05, 0) is 32.1 Å². The molecule has 0 amide bonds. The molecule has 0 unspecified atom stereocenters. The molecule has 0 atom stereocenters. The minimum Gasteiger partial charge on any atom is -0.234 e. The third-order valence-corrected chi connectivity index (χ3v) is 12.1. The van der Waals surface area contributed by atoms with Crippen LogP contribution < -0.4 is 4.57 Å². The number of aromatic nitrogens is 2. The molecule has 1 rings (SSSR count). The van der Waals surface area contributed by atoms with E-state index >= 15 is 0 Å². The Bertz CT molecular complexity index is 796. The molecule has 0 saturated carbocycles. The summed E-state index contributed by atoms with van der Waals surface area (Å²) in [5.74, 6) is 1.63. The maximum absolute atomic E-state index is 2.66. The third kappa shape index (κ3) is 32.6. The summed E-state index contributed by atoms with van der Waals surface area (Å²) in [7, 11) is 0. The largest absolute Gasteiger partial charge is 0.256 e. The average molecular weight is 728 g/mol. The van der Waals surface area contributed by atoms with Gasteiger partial charge in [-0.1, -0.05) is 252 Å². The molecule has 52 heavy (non-hydrogen) atoms. The Hall–Kier alpha value is -0.790. The second kappa shape index (κ2) is 41.4. The Balaban J connectivity index is 2.26. The standard InChI is InChI=1S/C50H99N2/c1-4-7-10-13-16-19-22-25-27-29-32-35-38-41-44-47-52-49-48-51(46-43-40-37-34-31-28-26-23-20-17-14-11-8-5-2)50(52)45-42-39-36-33-30-24-21-18-15-12-9-6-3/h48-49H,4-47H2,1-3H3/q+1. The van der Waals surface area contributed by atoms with Crippen LogP contribution >= 0.6 is 0 Å². The molecule has 0 aliphatic rings. The zero-order chi connectivity index (χ0) is 37.3. The molecule has 1 aromatic heterocycles. The van der Waals surface area contributed by atoms with E-state index < -0.39 is 0 Å². The first kappa shape index (κ1) is 49.2. The first-order chi connectivity index (χ1) is 25.8. The lowest BCUT2D eigenvalue weighted by atomic mass is 10.0. The van der Waals surface area contributed by atoms with Gasteiger partial charge in [-0.25, -0.2) is 9.13 Å². The first-order valence-electron chi connectivity index (χ1n) is 24.9. The van der Waals surface area contributed by atoms with Crippen molar-refractivity contribution in [2.24, 2.45) is 0 Å². The zero-order valence-electron chi connectivity index (χ0n) is 36.7. The molecule has 0 N–H and O–H groups in total. The number of aryl methyl sites for hydroxylation is 2. The molecule has 2 nitrogen and oxygen atoms in total. The highest BCUT2D eigenvalue weighted by Crippen LogP contribution is 2.17. The summed E-state index contributed by atoms with van der Waals surface area (Å²) in [5.41, 5.74) is 0. The summed E-state index contributed by atoms with van der Waals surface area (Å²) in [6.45, 7) is 9.42. The lowest BCUT2D eigenvalue weighted by Gasteiger charge is -2.07. The average Bonchev–Trinajstić information content (AvgIpc) is 3.54. The van der Waals surface area contributed by atoms with E-state index in [-0.39, 0.29) is 0 Å². The van der Waals surface area contributed by atoms with Crippen molar-refractivity contribution in [3.63, 3.8) is 0 Å². The topological polar surface area (TPSA) is 8.81 Å². The second-order valence-electron chi connectivity index (χ2n) is 17.3. The SMILES string of the molecule is CCCCCCCCCCCCCCCCC[n+]1ccn(CCCCCCCCCCCCCCCC)c1CCCCCCCCCCCCCC. The third-order valence-electron chi connectivity index (χ3n) is 12.1. The van der Waals surface area contributed by atoms with Crippen LogP contribution in [0.4, 0.5) is 0 Å². The summed E-state index contributed by atoms with van der Waals surface area (Å²) in [6.07, 6.45) is 65.3. The fourth-order valence-electron chi connectivity index (χ4n) is 8.45. The molecule has 0 bridgehead atoms. The van der Waals surface area contributed by atoms with E-state index in [1.54, 1.807) is 5.82 Å². The minimum atomic E-state index is 1.23. The Labute approximate surface area is 329 Å². The quantitative estimate of drug-likeness (QED) is 0.0467. The van der Waals surface area contributed by atoms with E-state index in [0.29, 0.717) is 0 Å². The fraction of sp³-hybridized carbons (Fsp3) is 0.940. The van der Waals surface area contributed by atoms with E-state index in [4.69, 9.17) is 0 Å². The number of hydrogen-bond acceptors (Lipinski definition) is 0. The van der Waals surface area contributed by atoms with E-state index in [1.807, 2.05) is 0 Å². The van der Waals surface area contributed by atoms with Crippen LogP contribution in [0.1, 0.15) is 290 Å². The number of nitrogens with zero attached hydrogens (tertiary/aromatic N) is 2. The van der Waals surface area contributed by atoms with Crippen molar-refractivity contribution in [3.8, 4) is 0 Å². The van der Waals surface area contributed by atoms with Gasteiger partial charge in [0.05, 0.1) is 13.1 Å². The van der Waals surface area contributed by atoms with Gasteiger partial charge >= 0.3 is 0 Å². The van der Waals surface area contributed by atoms with Crippen molar-refractivity contribution in [1.82, 2.24) is 4.57 Å². The van der Waals surface area contributed by atoms with E-state index in [1.165, 1.54) is 283 Å². The van der Waals surface area contributed by atoms with Crippen molar-refractivity contribution in [3.05, 3.63) is 18.2 Å². The highest BCUT2D eigenvalue weighted by molar-refractivity contribution is 4.84. The smallest absolute Gasteiger partial charge is 0.234 e. The van der Waals surface area contributed by atoms with Crippen molar-refractivity contribution in [1.29, 1.82) is 0 Å². The highest BCUT2D eigenvalue weighted by Gasteiger charge is 2.16. The molecular weight excluding hydrogens is 629 g/mol. The first-order valence-corrected chi connectivity index (χ1v) is 24.9. The summed E-state index contributed by atoms with van der Waals surface area (Å²) in [6, 6.07) is 0. The van der Waals surface area contributed by atoms with Gasteiger partial charge in [0.2, 0.25) is 0 Å². The molecule has 0 aromatic carbocycles. The molecule has 1 aromatic rings. The Morgan fingerprint density at radius 2 is 0.596 bits per heavy atom. The monoisotopic (exact) mass is 728 g/mol. The van der Waals surface area contributed by atoms with Crippen LogP contribution in [-0.4, -0.2) is 4.57 Å². The highest BCUT2D eigenvalue weighted by atomic mass is 15.1. The van der Waals surface area contributed by atoms with Gasteiger partial charge in [-0.15, -0.1) is 0 Å². The summed E-state index contributed by atoms with van der Waals surface area (Å²) in [5, 5.41) is 0. The van der Waals surface area contributed by atoms with Gasteiger partial charge in [-0.2, -0.15) is 0 Å². The predicted molar refractivity (Wildman–Crippen MR) is 235 cm³/mol. The molecule has 0 spiro atoms. The van der Waals surface area contributed by atoms with Crippen molar-refractivity contribution < 1.29 is 4.57 Å². The number of hydrogen-bond donors (Lipinski definition) is 0. The minimum absolute atomic E-state index is 1.23. The number of imidazole rings is 1. The Kier molecular flexibility index (Phi) is 39.2. The van der Waals surface area contributed by atoms with E-state index in [9.17, 15) is 0 Å². The van der Waals surface area contributed by atoms with Crippen molar-refractivity contribution in [2.75, 3.05) is 0 Å². The Morgan fingerprint density at radius 3 is 0.923 bits per heavy atom. The zero-order valence-corrected chi connectivity index (χ0v) is 36.7. The van der Waals surface area contributed by atoms with Crippen LogP contribution in [0, 0.1) is 0 Å². The van der Waals surface area contributed by atoms with Crippen molar-refractivity contribution in [2.45, 2.75) is 304 Å². The maximum atomic E-state index is 2.66. The van der Waals surface area contributed by atoms with Gasteiger partial charge in [0.25, 0.3) is 5.82 Å². The van der Waals surface area contributed by atoms with Gasteiger partial charge in [-0.3, -0.25) is 0 Å². The number of unbranched alkanes of at least 4 members (excludes halogenated alkanes) is 38. The molecule has 308 valence electrons. The van der Waals surface area contributed by atoms with Crippen molar-refractivity contribution >= 4 is 0 Å². The molecule has 2 heteroatoms. The van der Waals surface area contributed by atoms with E-state index in [0.717, 1.165) is 0 Å². The van der Waals surface area contributed by atoms with Crippen LogP contribution in [0.3, 0.4) is 0 Å². The molecule has 0 fully saturated rings. The molecular formula is C50H99N2+. The van der Waals surface area contributed by atoms with Crippen LogP contribution in [0.2, 0.25) is 0 Å². The summed E-state index contributed by atoms with van der Waals surface area (Å²) < 4.78 is 5.31. The lowest BCUT2D eigenvalue weighted by Crippen LogP contribution is -2.37. The maximum Gasteiger partial charge on any atom is 0.256 e. The second-order valence-corrected chi connectivity index (χ2v) is 17.3. The summed E-state index contributed by atoms with van der Waals surface area (Å²) >= 11 is 0. The molecule has 0 aliphatic heterocycles. The Morgan fingerprint density at radius 1 is 0.327 bits per heavy atom. The molecule has 1 heterocycles. The van der Waals surface area contributed by atoms with Gasteiger partial charge < -0.3 is 0 Å². The van der Waals surface area contributed by atoms with E-state index in [2.05, 4.69) is 42.3 Å². The van der Waals surface area contributed by atoms with Crippen LogP contribution in [0.15, 0.2) is 12.4 Å². The van der Waals surface area contributed by atoms with Gasteiger partial charge in [0.1, 0.15) is 12.4 Å². The molecule has 0 saturated heterocycles. The summed E-state index contributed by atoms with van der Waals surface area (Å²) in [4.78, 5) is 0. The van der Waals surface area contributed by atoms with Crippen LogP contribution in [0.25, 0.3) is 0 Å². The van der Waals surface area contributed by atoms with Crippen LogP contribution in [0.5, 0.6) is 0 Å². The number of rotatable bonds is 44. The predicted octanol–water partition coefficient (Wildman–Crippen LogP) is 17.4. The fourth-order valence-corrected chi connectivity index (χ4v) is 8.45. The lowest BCUT2D eigenvalue weighted by molar-refractivity contribution is -0.704. The molecule has 0 aliphatic carbocycles. The van der Waals surface area contributed by atoms with Gasteiger partial charge in [0.15, 0.2) is 0 Å². The van der Waals surface area contributed by atoms with Crippen LogP contribution in [-0.2, 0) is 19.5 Å².